The fraction of sp³-hybridized carbons (Fsp3) is 0.545. The minimum Gasteiger partial charge on any atom is -0.481 e. The van der Waals surface area contributed by atoms with Crippen LogP contribution in [0.25, 0.3) is 0 Å². The van der Waals surface area contributed by atoms with Gasteiger partial charge in [-0.3, -0.25) is 9.59 Å². The largest absolute Gasteiger partial charge is 0.481 e. The molecule has 0 saturated carbocycles. The zero-order valence-electron chi connectivity index (χ0n) is 10.6. The maximum atomic E-state index is 11.4. The van der Waals surface area contributed by atoms with Gasteiger partial charge in [0.1, 0.15) is 9.84 Å². The number of aromatic nitrogens is 2. The average molecular weight is 318 g/mol. The molecular weight excluding hydrogens is 304 g/mol. The van der Waals surface area contributed by atoms with Crippen molar-refractivity contribution in [2.45, 2.75) is 24.0 Å². The summed E-state index contributed by atoms with van der Waals surface area (Å²) >= 11 is 0.966. The van der Waals surface area contributed by atoms with E-state index in [0.29, 0.717) is 18.0 Å². The van der Waals surface area contributed by atoms with Crippen molar-refractivity contribution in [3.05, 3.63) is 22.6 Å². The van der Waals surface area contributed by atoms with Crippen LogP contribution in [0.1, 0.15) is 18.9 Å². The Balaban J connectivity index is 2.22. The second-order valence-electron chi connectivity index (χ2n) is 4.52. The van der Waals surface area contributed by atoms with Crippen molar-refractivity contribution in [2.24, 2.45) is 0 Å². The van der Waals surface area contributed by atoms with Crippen LogP contribution in [0.4, 0.5) is 0 Å². The maximum absolute atomic E-state index is 11.4. The first-order valence-corrected chi connectivity index (χ1v) is 8.82. The second-order valence-corrected chi connectivity index (χ2v) is 7.77. The first-order chi connectivity index (χ1) is 9.37. The molecule has 1 aromatic heterocycles. The third kappa shape index (κ3) is 3.83. The van der Waals surface area contributed by atoms with Crippen molar-refractivity contribution in [1.82, 2.24) is 9.55 Å². The van der Waals surface area contributed by atoms with E-state index in [9.17, 15) is 18.0 Å². The molecule has 0 aromatic carbocycles. The van der Waals surface area contributed by atoms with Crippen LogP contribution in [-0.4, -0.2) is 46.3 Å². The molecule has 0 aliphatic carbocycles. The molecule has 9 heteroatoms. The summed E-state index contributed by atoms with van der Waals surface area (Å²) in [5.74, 6) is -0.980. The molecule has 0 amide bonds. The minimum atomic E-state index is -2.97. The van der Waals surface area contributed by atoms with Crippen LogP contribution < -0.4 is 5.56 Å². The lowest BCUT2D eigenvalue weighted by Gasteiger charge is -2.26. The Hall–Kier alpha value is -1.35. The number of sulfone groups is 1. The normalized spacial score (nSPS) is 18.8. The number of carboxylic acid groups (broad SMARTS) is 1. The van der Waals surface area contributed by atoms with Gasteiger partial charge in [-0.25, -0.2) is 8.42 Å². The van der Waals surface area contributed by atoms with Crippen LogP contribution in [0.2, 0.25) is 0 Å². The summed E-state index contributed by atoms with van der Waals surface area (Å²) in [4.78, 5) is 25.7. The van der Waals surface area contributed by atoms with E-state index in [4.69, 9.17) is 5.11 Å². The van der Waals surface area contributed by atoms with E-state index in [-0.39, 0.29) is 23.3 Å². The van der Waals surface area contributed by atoms with Crippen molar-refractivity contribution in [1.29, 1.82) is 0 Å². The van der Waals surface area contributed by atoms with E-state index in [0.717, 1.165) is 11.8 Å². The Morgan fingerprint density at radius 1 is 1.45 bits per heavy atom. The fourth-order valence-electron chi connectivity index (χ4n) is 2.06. The van der Waals surface area contributed by atoms with Gasteiger partial charge < -0.3 is 9.67 Å². The van der Waals surface area contributed by atoms with Crippen LogP contribution in [0.5, 0.6) is 0 Å². The molecule has 0 bridgehead atoms. The molecule has 2 heterocycles. The molecule has 0 unspecified atom stereocenters. The quantitative estimate of drug-likeness (QED) is 0.623. The van der Waals surface area contributed by atoms with Crippen molar-refractivity contribution < 1.29 is 18.3 Å². The number of hydrogen-bond donors (Lipinski definition) is 1. The van der Waals surface area contributed by atoms with Gasteiger partial charge in [0.25, 0.3) is 5.56 Å². The number of carbonyl (C=O) groups is 1. The summed E-state index contributed by atoms with van der Waals surface area (Å²) in [6, 6.07) is 1.23. The lowest BCUT2D eigenvalue weighted by atomic mass is 10.1. The number of thioether (sulfide) groups is 1. The summed E-state index contributed by atoms with van der Waals surface area (Å²) < 4.78 is 24.6. The zero-order chi connectivity index (χ0) is 14.8. The molecule has 1 aliphatic rings. The van der Waals surface area contributed by atoms with Gasteiger partial charge in [-0.1, -0.05) is 11.8 Å². The predicted octanol–water partition coefficient (Wildman–Crippen LogP) is 0.170. The standard InChI is InChI=1S/C11H14N2O5S2/c14-9-1-4-13(11(12-9)19-7-10(15)16)8-2-5-20(17,18)6-3-8/h1,4,8H,2-3,5-7H2,(H,15,16). The number of rotatable bonds is 4. The highest BCUT2D eigenvalue weighted by Gasteiger charge is 2.26. The Kier molecular flexibility index (Phi) is 4.48. The molecule has 2 rings (SSSR count). The van der Waals surface area contributed by atoms with E-state index < -0.39 is 21.4 Å². The molecule has 1 saturated heterocycles. The van der Waals surface area contributed by atoms with Crippen LogP contribution in [0, 0.1) is 0 Å². The Morgan fingerprint density at radius 2 is 2.10 bits per heavy atom. The van der Waals surface area contributed by atoms with E-state index in [2.05, 4.69) is 4.98 Å². The highest BCUT2D eigenvalue weighted by atomic mass is 32.2. The number of carboxylic acids is 1. The first-order valence-electron chi connectivity index (χ1n) is 6.01. The number of hydrogen-bond acceptors (Lipinski definition) is 6. The fourth-order valence-corrected chi connectivity index (χ4v) is 4.30. The van der Waals surface area contributed by atoms with Crippen molar-refractivity contribution in [3.8, 4) is 0 Å². The topological polar surface area (TPSA) is 106 Å². The van der Waals surface area contributed by atoms with Crippen LogP contribution in [0.15, 0.2) is 22.2 Å². The molecule has 0 radical (unpaired) electrons. The van der Waals surface area contributed by atoms with Gasteiger partial charge in [0.05, 0.1) is 17.3 Å². The van der Waals surface area contributed by atoms with E-state index in [1.54, 1.807) is 10.8 Å². The van der Waals surface area contributed by atoms with Crippen molar-refractivity contribution in [3.63, 3.8) is 0 Å². The SMILES string of the molecule is O=C(O)CSc1nc(=O)ccn1C1CCS(=O)(=O)CC1. The maximum Gasteiger partial charge on any atom is 0.313 e. The second kappa shape index (κ2) is 5.96. The molecule has 1 aliphatic heterocycles. The van der Waals surface area contributed by atoms with Crippen LogP contribution in [-0.2, 0) is 14.6 Å². The smallest absolute Gasteiger partial charge is 0.313 e. The van der Waals surface area contributed by atoms with Gasteiger partial charge in [0.2, 0.25) is 0 Å². The third-order valence-electron chi connectivity index (χ3n) is 3.05. The molecule has 20 heavy (non-hydrogen) atoms. The molecule has 0 atom stereocenters. The Labute approximate surface area is 119 Å². The summed E-state index contributed by atoms with van der Waals surface area (Å²) in [5.41, 5.74) is -0.433. The molecule has 110 valence electrons. The van der Waals surface area contributed by atoms with Gasteiger partial charge in [0, 0.05) is 18.3 Å². The summed E-state index contributed by atoms with van der Waals surface area (Å²) in [6.45, 7) is 0. The van der Waals surface area contributed by atoms with Gasteiger partial charge in [-0.05, 0) is 12.8 Å². The van der Waals surface area contributed by atoms with Crippen LogP contribution >= 0.6 is 11.8 Å². The highest BCUT2D eigenvalue weighted by Crippen LogP contribution is 2.27. The molecule has 7 nitrogen and oxygen atoms in total. The summed E-state index contributed by atoms with van der Waals surface area (Å²) in [7, 11) is -2.97. The Bertz CT molecular complexity index is 654. The number of aliphatic carboxylic acids is 1. The highest BCUT2D eigenvalue weighted by molar-refractivity contribution is 7.99. The van der Waals surface area contributed by atoms with Crippen molar-refractivity contribution >= 4 is 27.6 Å². The third-order valence-corrected chi connectivity index (χ3v) is 5.71. The lowest BCUT2D eigenvalue weighted by molar-refractivity contribution is -0.133. The van der Waals surface area contributed by atoms with E-state index >= 15 is 0 Å². The predicted molar refractivity (Wildman–Crippen MR) is 73.8 cm³/mol. The Morgan fingerprint density at radius 3 is 2.70 bits per heavy atom. The molecule has 1 fully saturated rings. The summed E-state index contributed by atoms with van der Waals surface area (Å²) in [6.07, 6.45) is 2.46. The van der Waals surface area contributed by atoms with Crippen molar-refractivity contribution in [2.75, 3.05) is 17.3 Å². The summed E-state index contributed by atoms with van der Waals surface area (Å²) in [5, 5.41) is 9.02. The zero-order valence-corrected chi connectivity index (χ0v) is 12.2. The van der Waals surface area contributed by atoms with Crippen LogP contribution in [0.3, 0.4) is 0 Å². The van der Waals surface area contributed by atoms with Gasteiger partial charge in [-0.15, -0.1) is 0 Å². The molecular formula is C11H14N2O5S2. The van der Waals surface area contributed by atoms with E-state index in [1.165, 1.54) is 6.07 Å². The molecule has 1 N–H and O–H groups in total. The van der Waals surface area contributed by atoms with Gasteiger partial charge in [0.15, 0.2) is 5.16 Å². The minimum absolute atomic E-state index is 0.0667. The average Bonchev–Trinajstić information content (AvgIpc) is 2.37. The lowest BCUT2D eigenvalue weighted by Crippen LogP contribution is -2.27. The van der Waals surface area contributed by atoms with Gasteiger partial charge in [-0.2, -0.15) is 4.98 Å². The molecule has 0 spiro atoms. The molecule has 1 aromatic rings. The number of nitrogens with zero attached hydrogens (tertiary/aromatic N) is 2. The van der Waals surface area contributed by atoms with E-state index in [1.807, 2.05) is 0 Å². The monoisotopic (exact) mass is 318 g/mol. The first kappa shape index (κ1) is 15.0. The van der Waals surface area contributed by atoms with Gasteiger partial charge >= 0.3 is 5.97 Å².